The zero-order chi connectivity index (χ0) is 12.3. The molecule has 96 valence electrons. The summed E-state index contributed by atoms with van der Waals surface area (Å²) in [6, 6.07) is 0.994. The van der Waals surface area contributed by atoms with Gasteiger partial charge in [0.2, 0.25) is 0 Å². The van der Waals surface area contributed by atoms with Gasteiger partial charge >= 0.3 is 5.97 Å². The second-order valence-electron chi connectivity index (χ2n) is 3.40. The molecule has 3 N–H and O–H groups in total. The van der Waals surface area contributed by atoms with E-state index in [2.05, 4.69) is 0 Å². The summed E-state index contributed by atoms with van der Waals surface area (Å²) in [6.07, 6.45) is -0.520. The van der Waals surface area contributed by atoms with Gasteiger partial charge in [-0.2, -0.15) is 0 Å². The molecule has 0 spiro atoms. The van der Waals surface area contributed by atoms with E-state index in [0.717, 1.165) is 12.1 Å². The van der Waals surface area contributed by atoms with Crippen molar-refractivity contribution in [1.82, 2.24) is 0 Å². The van der Waals surface area contributed by atoms with Crippen molar-refractivity contribution >= 4 is 18.4 Å². The van der Waals surface area contributed by atoms with Gasteiger partial charge in [-0.15, -0.1) is 12.4 Å². The number of carboxylic acid groups (broad SMARTS) is 1. The van der Waals surface area contributed by atoms with Gasteiger partial charge < -0.3 is 10.8 Å². The first-order valence-electron chi connectivity index (χ1n) is 4.51. The third-order valence-electron chi connectivity index (χ3n) is 2.03. The molecule has 0 heterocycles. The summed E-state index contributed by atoms with van der Waals surface area (Å²) in [5, 5.41) is 8.42. The predicted molar refractivity (Wildman–Crippen MR) is 57.5 cm³/mol. The van der Waals surface area contributed by atoms with Crippen molar-refractivity contribution in [2.45, 2.75) is 18.9 Å². The fraction of sp³-hybridized carbons (Fsp3) is 0.300. The van der Waals surface area contributed by atoms with Gasteiger partial charge in [-0.25, -0.2) is 13.2 Å². The lowest BCUT2D eigenvalue weighted by Crippen LogP contribution is -2.26. The van der Waals surface area contributed by atoms with Crippen molar-refractivity contribution in [3.8, 4) is 0 Å². The lowest BCUT2D eigenvalue weighted by molar-refractivity contribution is -0.137. The molecule has 0 aliphatic heterocycles. The summed E-state index contributed by atoms with van der Waals surface area (Å²) >= 11 is 0. The van der Waals surface area contributed by atoms with Crippen LogP contribution in [0, 0.1) is 17.5 Å². The predicted octanol–water partition coefficient (Wildman–Crippen LogP) is 1.87. The third kappa shape index (κ3) is 4.24. The molecule has 7 heteroatoms. The molecule has 0 fully saturated rings. The minimum absolute atomic E-state index is 0. The first kappa shape index (κ1) is 15.7. The molecule has 1 aromatic carbocycles. The van der Waals surface area contributed by atoms with Gasteiger partial charge in [0.05, 0.1) is 6.42 Å². The summed E-state index contributed by atoms with van der Waals surface area (Å²) in [7, 11) is 0. The van der Waals surface area contributed by atoms with Crippen molar-refractivity contribution in [3.05, 3.63) is 35.1 Å². The highest BCUT2D eigenvalue weighted by Crippen LogP contribution is 2.16. The normalized spacial score (nSPS) is 11.8. The van der Waals surface area contributed by atoms with Crippen LogP contribution in [-0.4, -0.2) is 17.1 Å². The van der Waals surface area contributed by atoms with E-state index in [0.29, 0.717) is 0 Å². The van der Waals surface area contributed by atoms with E-state index in [-0.39, 0.29) is 30.8 Å². The van der Waals surface area contributed by atoms with Crippen LogP contribution >= 0.6 is 12.4 Å². The van der Waals surface area contributed by atoms with Crippen LogP contribution in [0.1, 0.15) is 12.0 Å². The Morgan fingerprint density at radius 3 is 2.41 bits per heavy atom. The number of hydrogen-bond donors (Lipinski definition) is 2. The number of hydrogen-bond acceptors (Lipinski definition) is 2. The molecular formula is C10H11ClF3NO2. The number of benzene rings is 1. The van der Waals surface area contributed by atoms with E-state index in [4.69, 9.17) is 10.8 Å². The Hall–Kier alpha value is -1.27. The molecule has 1 rings (SSSR count). The largest absolute Gasteiger partial charge is 0.481 e. The number of carboxylic acids is 1. The molecule has 1 atom stereocenters. The van der Waals surface area contributed by atoms with Crippen molar-refractivity contribution in [3.63, 3.8) is 0 Å². The number of rotatable bonds is 4. The minimum atomic E-state index is -1.57. The van der Waals surface area contributed by atoms with E-state index in [9.17, 15) is 18.0 Å². The molecular weight excluding hydrogens is 259 g/mol. The van der Waals surface area contributed by atoms with Crippen LogP contribution < -0.4 is 5.73 Å². The Labute approximate surface area is 102 Å². The lowest BCUT2D eigenvalue weighted by atomic mass is 10.0. The molecule has 0 bridgehead atoms. The van der Waals surface area contributed by atoms with Gasteiger partial charge in [0.1, 0.15) is 0 Å². The zero-order valence-corrected chi connectivity index (χ0v) is 9.44. The fourth-order valence-corrected chi connectivity index (χ4v) is 1.30. The number of halogens is 4. The second-order valence-corrected chi connectivity index (χ2v) is 3.40. The molecule has 0 unspecified atom stereocenters. The quantitative estimate of drug-likeness (QED) is 0.820. The zero-order valence-electron chi connectivity index (χ0n) is 8.62. The van der Waals surface area contributed by atoms with Crippen LogP contribution in [0.2, 0.25) is 0 Å². The Kier molecular flexibility index (Phi) is 5.98. The summed E-state index contributed by atoms with van der Waals surface area (Å²) in [4.78, 5) is 10.3. The Morgan fingerprint density at radius 1 is 1.29 bits per heavy atom. The molecule has 0 aliphatic carbocycles. The van der Waals surface area contributed by atoms with Crippen molar-refractivity contribution < 1.29 is 23.1 Å². The van der Waals surface area contributed by atoms with E-state index < -0.39 is 29.5 Å². The minimum Gasteiger partial charge on any atom is -0.481 e. The Bertz CT molecular complexity index is 415. The maximum absolute atomic E-state index is 13.1. The highest BCUT2D eigenvalue weighted by atomic mass is 35.5. The first-order valence-corrected chi connectivity index (χ1v) is 4.51. The van der Waals surface area contributed by atoms with Crippen molar-refractivity contribution in [1.29, 1.82) is 0 Å². The molecule has 17 heavy (non-hydrogen) atoms. The smallest absolute Gasteiger partial charge is 0.304 e. The Balaban J connectivity index is 0.00000256. The molecule has 0 aromatic heterocycles. The maximum atomic E-state index is 13.1. The van der Waals surface area contributed by atoms with Gasteiger partial charge in [-0.1, -0.05) is 6.07 Å². The van der Waals surface area contributed by atoms with E-state index >= 15 is 0 Å². The average Bonchev–Trinajstić information content (AvgIpc) is 2.18. The SMILES string of the molecule is Cl.N[C@H](CC(=O)O)Cc1ccc(F)c(F)c1F. The maximum Gasteiger partial charge on any atom is 0.304 e. The van der Waals surface area contributed by atoms with E-state index in [1.807, 2.05) is 0 Å². The van der Waals surface area contributed by atoms with Crippen LogP contribution in [0.4, 0.5) is 13.2 Å². The molecule has 1 aromatic rings. The van der Waals surface area contributed by atoms with Gasteiger partial charge in [0.15, 0.2) is 17.5 Å². The van der Waals surface area contributed by atoms with Crippen LogP contribution in [-0.2, 0) is 11.2 Å². The Morgan fingerprint density at radius 2 is 1.88 bits per heavy atom. The summed E-state index contributed by atoms with van der Waals surface area (Å²) < 4.78 is 38.5. The van der Waals surface area contributed by atoms with Crippen LogP contribution in [0.5, 0.6) is 0 Å². The van der Waals surface area contributed by atoms with Gasteiger partial charge in [0.25, 0.3) is 0 Å². The second kappa shape index (κ2) is 6.46. The van der Waals surface area contributed by atoms with Gasteiger partial charge in [-0.3, -0.25) is 4.79 Å². The number of carbonyl (C=O) groups is 1. The lowest BCUT2D eigenvalue weighted by Gasteiger charge is -2.10. The van der Waals surface area contributed by atoms with Gasteiger partial charge in [0, 0.05) is 6.04 Å². The molecule has 0 saturated carbocycles. The highest BCUT2D eigenvalue weighted by molar-refractivity contribution is 5.85. The molecule has 0 saturated heterocycles. The van der Waals surface area contributed by atoms with Crippen LogP contribution in [0.25, 0.3) is 0 Å². The average molecular weight is 270 g/mol. The molecule has 3 nitrogen and oxygen atoms in total. The summed E-state index contributed by atoms with van der Waals surface area (Å²) in [5.74, 6) is -5.30. The highest BCUT2D eigenvalue weighted by Gasteiger charge is 2.16. The summed E-state index contributed by atoms with van der Waals surface area (Å²) in [5.41, 5.74) is 5.27. The monoisotopic (exact) mass is 269 g/mol. The number of aliphatic carboxylic acids is 1. The fourth-order valence-electron chi connectivity index (χ4n) is 1.30. The van der Waals surface area contributed by atoms with Crippen molar-refractivity contribution in [2.24, 2.45) is 5.73 Å². The van der Waals surface area contributed by atoms with E-state index in [1.165, 1.54) is 0 Å². The van der Waals surface area contributed by atoms with Crippen molar-refractivity contribution in [2.75, 3.05) is 0 Å². The molecule has 0 radical (unpaired) electrons. The van der Waals surface area contributed by atoms with E-state index in [1.54, 1.807) is 0 Å². The first-order chi connectivity index (χ1) is 7.41. The molecule has 0 aliphatic rings. The summed E-state index contributed by atoms with van der Waals surface area (Å²) in [6.45, 7) is 0. The molecule has 0 amide bonds. The van der Waals surface area contributed by atoms with Crippen LogP contribution in [0.3, 0.4) is 0 Å². The standard InChI is InChI=1S/C10H10F3NO2.ClH/c11-7-2-1-5(9(12)10(7)13)3-6(14)4-8(15)16;/h1-2,6H,3-4,14H2,(H,15,16);1H/t6-;/m0./s1. The number of nitrogens with two attached hydrogens (primary N) is 1. The van der Waals surface area contributed by atoms with Gasteiger partial charge in [-0.05, 0) is 18.1 Å². The van der Waals surface area contributed by atoms with Crippen LogP contribution in [0.15, 0.2) is 12.1 Å². The topological polar surface area (TPSA) is 63.3 Å². The third-order valence-corrected chi connectivity index (χ3v) is 2.03.